The van der Waals surface area contributed by atoms with Gasteiger partial charge in [0.2, 0.25) is 5.91 Å². The zero-order chi connectivity index (χ0) is 17.5. The summed E-state index contributed by atoms with van der Waals surface area (Å²) in [6.07, 6.45) is 1.36. The average molecular weight is 388 g/mol. The monoisotopic (exact) mass is 387 g/mol. The summed E-state index contributed by atoms with van der Waals surface area (Å²) in [5.41, 5.74) is -0.776. The van der Waals surface area contributed by atoms with Gasteiger partial charge in [0, 0.05) is 6.54 Å². The molecule has 0 aromatic heterocycles. The third-order valence-electron chi connectivity index (χ3n) is 4.38. The lowest BCUT2D eigenvalue weighted by atomic mass is 10.2. The standard InChI is InChI=1S/C15H15Cl2N3O3S/c16-10-2-1-3-11(17)13(10)24(22,23)9-6-12(19-7-9)14(21)20-15(8-18)4-5-15/h1-3,9,12,19H,4-7H2,(H,20,21)/t9-,12+/m1/s1. The minimum Gasteiger partial charge on any atom is -0.336 e. The smallest absolute Gasteiger partial charge is 0.238 e. The lowest BCUT2D eigenvalue weighted by Crippen LogP contribution is -2.45. The number of benzene rings is 1. The molecule has 1 aliphatic carbocycles. The summed E-state index contributed by atoms with van der Waals surface area (Å²) in [5, 5.41) is 14.0. The van der Waals surface area contributed by atoms with E-state index in [9.17, 15) is 13.2 Å². The maximum atomic E-state index is 12.8. The van der Waals surface area contributed by atoms with Crippen LogP contribution in [0.4, 0.5) is 0 Å². The maximum absolute atomic E-state index is 12.8. The first-order valence-electron chi connectivity index (χ1n) is 7.44. The fourth-order valence-corrected chi connectivity index (χ4v) is 5.59. The summed E-state index contributed by atoms with van der Waals surface area (Å²) in [4.78, 5) is 12.1. The van der Waals surface area contributed by atoms with E-state index in [4.69, 9.17) is 28.5 Å². The van der Waals surface area contributed by atoms with Gasteiger partial charge >= 0.3 is 0 Å². The van der Waals surface area contributed by atoms with Crippen LogP contribution >= 0.6 is 23.2 Å². The van der Waals surface area contributed by atoms with Crippen LogP contribution in [0.2, 0.25) is 10.0 Å². The number of carbonyl (C=O) groups excluding carboxylic acids is 1. The number of halogens is 2. The largest absolute Gasteiger partial charge is 0.336 e. The number of carbonyl (C=O) groups is 1. The van der Waals surface area contributed by atoms with Crippen molar-refractivity contribution >= 4 is 38.9 Å². The van der Waals surface area contributed by atoms with Gasteiger partial charge in [0.05, 0.1) is 27.4 Å². The Hall–Kier alpha value is -1.33. The molecule has 6 nitrogen and oxygen atoms in total. The molecule has 1 aromatic rings. The van der Waals surface area contributed by atoms with Crippen LogP contribution in [0.25, 0.3) is 0 Å². The van der Waals surface area contributed by atoms with Gasteiger partial charge in [0.15, 0.2) is 9.84 Å². The molecule has 1 amide bonds. The molecular formula is C15H15Cl2N3O3S. The molecule has 0 spiro atoms. The Bertz CT molecular complexity index is 811. The molecule has 3 rings (SSSR count). The van der Waals surface area contributed by atoms with Crippen molar-refractivity contribution in [3.05, 3.63) is 28.2 Å². The van der Waals surface area contributed by atoms with Crippen LogP contribution in [0.15, 0.2) is 23.1 Å². The highest BCUT2D eigenvalue weighted by Crippen LogP contribution is 2.36. The van der Waals surface area contributed by atoms with E-state index in [0.29, 0.717) is 12.8 Å². The van der Waals surface area contributed by atoms with E-state index in [1.165, 1.54) is 12.1 Å². The normalized spacial score (nSPS) is 25.0. The SMILES string of the molecule is N#CC1(NC(=O)[C@@H]2C[C@@H](S(=O)(=O)c3c(Cl)cccc3Cl)CN2)CC1. The van der Waals surface area contributed by atoms with E-state index in [1.54, 1.807) is 6.07 Å². The molecule has 1 aliphatic heterocycles. The predicted molar refractivity (Wildman–Crippen MR) is 89.6 cm³/mol. The number of hydrogen-bond acceptors (Lipinski definition) is 5. The Kier molecular flexibility index (Phi) is 4.51. The number of nitrogens with zero attached hydrogens (tertiary/aromatic N) is 1. The highest BCUT2D eigenvalue weighted by molar-refractivity contribution is 7.92. The molecule has 128 valence electrons. The van der Waals surface area contributed by atoms with Crippen molar-refractivity contribution in [2.75, 3.05) is 6.54 Å². The van der Waals surface area contributed by atoms with E-state index in [0.717, 1.165) is 0 Å². The predicted octanol–water partition coefficient (Wildman–Crippen LogP) is 1.67. The van der Waals surface area contributed by atoms with Crippen LogP contribution in [0, 0.1) is 11.3 Å². The Morgan fingerprint density at radius 1 is 1.33 bits per heavy atom. The molecule has 1 heterocycles. The number of nitriles is 1. The lowest BCUT2D eigenvalue weighted by molar-refractivity contribution is -0.123. The van der Waals surface area contributed by atoms with Gasteiger partial charge in [-0.25, -0.2) is 8.42 Å². The van der Waals surface area contributed by atoms with E-state index in [2.05, 4.69) is 16.7 Å². The van der Waals surface area contributed by atoms with Gasteiger partial charge in [0.25, 0.3) is 0 Å². The lowest BCUT2D eigenvalue weighted by Gasteiger charge is -2.15. The van der Waals surface area contributed by atoms with Gasteiger partial charge in [-0.3, -0.25) is 4.79 Å². The zero-order valence-corrected chi connectivity index (χ0v) is 14.9. The van der Waals surface area contributed by atoms with Crippen molar-refractivity contribution in [3.8, 4) is 6.07 Å². The van der Waals surface area contributed by atoms with E-state index in [-0.39, 0.29) is 33.8 Å². The van der Waals surface area contributed by atoms with Crippen molar-refractivity contribution in [3.63, 3.8) is 0 Å². The van der Waals surface area contributed by atoms with Crippen LogP contribution in [0.3, 0.4) is 0 Å². The molecule has 9 heteroatoms. The summed E-state index contributed by atoms with van der Waals surface area (Å²) in [7, 11) is -3.77. The first-order chi connectivity index (χ1) is 11.3. The topological polar surface area (TPSA) is 99.1 Å². The molecule has 2 N–H and O–H groups in total. The second kappa shape index (κ2) is 6.19. The van der Waals surface area contributed by atoms with Crippen molar-refractivity contribution < 1.29 is 13.2 Å². The fraction of sp³-hybridized carbons (Fsp3) is 0.467. The molecular weight excluding hydrogens is 373 g/mol. The first-order valence-corrected chi connectivity index (χ1v) is 9.74. The molecule has 0 bridgehead atoms. The summed E-state index contributed by atoms with van der Waals surface area (Å²) >= 11 is 12.0. The van der Waals surface area contributed by atoms with Crippen LogP contribution < -0.4 is 10.6 Å². The minimum absolute atomic E-state index is 0.0665. The Morgan fingerprint density at radius 2 is 1.96 bits per heavy atom. The van der Waals surface area contributed by atoms with Crippen molar-refractivity contribution in [2.45, 2.75) is 41.0 Å². The molecule has 2 fully saturated rings. The van der Waals surface area contributed by atoms with Crippen molar-refractivity contribution in [1.29, 1.82) is 5.26 Å². The highest BCUT2D eigenvalue weighted by Gasteiger charge is 2.47. The fourth-order valence-electron chi connectivity index (χ4n) is 2.77. The number of amides is 1. The van der Waals surface area contributed by atoms with Crippen LogP contribution in [-0.4, -0.2) is 37.7 Å². The Labute approximate surface area is 150 Å². The average Bonchev–Trinajstić information content (AvgIpc) is 3.10. The second-order valence-electron chi connectivity index (χ2n) is 6.10. The molecule has 2 aliphatic rings. The Morgan fingerprint density at radius 3 is 2.50 bits per heavy atom. The third kappa shape index (κ3) is 3.11. The van der Waals surface area contributed by atoms with Gasteiger partial charge in [0.1, 0.15) is 10.4 Å². The van der Waals surface area contributed by atoms with Crippen LogP contribution in [0.5, 0.6) is 0 Å². The van der Waals surface area contributed by atoms with E-state index in [1.807, 2.05) is 0 Å². The van der Waals surface area contributed by atoms with Gasteiger partial charge in [-0.05, 0) is 31.4 Å². The van der Waals surface area contributed by atoms with Crippen molar-refractivity contribution in [2.24, 2.45) is 0 Å². The summed E-state index contributed by atoms with van der Waals surface area (Å²) < 4.78 is 25.6. The minimum atomic E-state index is -3.77. The molecule has 1 saturated heterocycles. The quantitative estimate of drug-likeness (QED) is 0.818. The van der Waals surface area contributed by atoms with E-state index < -0.39 is 26.7 Å². The Balaban J connectivity index is 1.75. The molecule has 1 aromatic carbocycles. The van der Waals surface area contributed by atoms with Crippen LogP contribution in [-0.2, 0) is 14.6 Å². The first kappa shape index (κ1) is 17.5. The third-order valence-corrected chi connectivity index (χ3v) is 7.48. The van der Waals surface area contributed by atoms with Crippen molar-refractivity contribution in [1.82, 2.24) is 10.6 Å². The molecule has 1 saturated carbocycles. The van der Waals surface area contributed by atoms with Gasteiger partial charge in [-0.15, -0.1) is 0 Å². The molecule has 2 atom stereocenters. The number of nitrogens with one attached hydrogen (secondary N) is 2. The summed E-state index contributed by atoms with van der Waals surface area (Å²) in [6, 6.07) is 5.93. The van der Waals surface area contributed by atoms with Gasteiger partial charge in [-0.1, -0.05) is 29.3 Å². The van der Waals surface area contributed by atoms with E-state index >= 15 is 0 Å². The summed E-state index contributed by atoms with van der Waals surface area (Å²) in [5.74, 6) is -0.350. The molecule has 0 unspecified atom stereocenters. The number of rotatable bonds is 4. The zero-order valence-electron chi connectivity index (χ0n) is 12.6. The highest BCUT2D eigenvalue weighted by atomic mass is 35.5. The maximum Gasteiger partial charge on any atom is 0.238 e. The van der Waals surface area contributed by atoms with Gasteiger partial charge in [-0.2, -0.15) is 5.26 Å². The number of sulfone groups is 1. The number of hydrogen-bond donors (Lipinski definition) is 2. The van der Waals surface area contributed by atoms with Gasteiger partial charge < -0.3 is 10.6 Å². The summed E-state index contributed by atoms with van der Waals surface area (Å²) in [6.45, 7) is 0.127. The second-order valence-corrected chi connectivity index (χ2v) is 9.08. The molecule has 24 heavy (non-hydrogen) atoms. The van der Waals surface area contributed by atoms with Crippen LogP contribution in [0.1, 0.15) is 19.3 Å². The molecule has 0 radical (unpaired) electrons.